The normalized spacial score (nSPS) is 16.6. The minimum Gasteiger partial charge on any atom is -0.389 e. The third-order valence-corrected chi connectivity index (χ3v) is 5.55. The molecule has 0 unspecified atom stereocenters. The first-order chi connectivity index (χ1) is 9.90. The van der Waals surface area contributed by atoms with Crippen LogP contribution in [0, 0.1) is 5.41 Å². The maximum Gasteiger partial charge on any atom is 0.241 e. The van der Waals surface area contributed by atoms with Crippen LogP contribution in [0.5, 0.6) is 0 Å². The quantitative estimate of drug-likeness (QED) is 0.705. The monoisotopic (exact) mass is 328 g/mol. The highest BCUT2D eigenvalue weighted by Gasteiger charge is 2.42. The first-order valence-corrected chi connectivity index (χ1v) is 8.67. The third kappa shape index (κ3) is 4.00. The Balaban J connectivity index is 2.11. The minimum absolute atomic E-state index is 0.0429. The molecule has 21 heavy (non-hydrogen) atoms. The maximum atomic E-state index is 12.4. The third-order valence-electron chi connectivity index (χ3n) is 3.87. The largest absolute Gasteiger partial charge is 0.389 e. The zero-order chi connectivity index (χ0) is 15.5. The van der Waals surface area contributed by atoms with E-state index in [0.29, 0.717) is 18.7 Å². The summed E-state index contributed by atoms with van der Waals surface area (Å²) in [4.78, 5) is 0.219. The molecular weight excluding hydrogens is 308 g/mol. The lowest BCUT2D eigenvalue weighted by Crippen LogP contribution is -2.32. The Bertz CT molecular complexity index is 625. The van der Waals surface area contributed by atoms with Crippen molar-refractivity contribution in [3.63, 3.8) is 0 Å². The zero-order valence-electron chi connectivity index (χ0n) is 12.0. The van der Waals surface area contributed by atoms with Gasteiger partial charge in [0, 0.05) is 25.8 Å². The van der Waals surface area contributed by atoms with Crippen molar-refractivity contribution in [2.45, 2.75) is 24.2 Å². The lowest BCUT2D eigenvalue weighted by Gasteiger charge is -2.16. The van der Waals surface area contributed by atoms with Gasteiger partial charge in [0.15, 0.2) is 0 Å². The highest BCUT2D eigenvalue weighted by Crippen LogP contribution is 2.48. The van der Waals surface area contributed by atoms with Crippen molar-refractivity contribution >= 4 is 27.2 Å². The highest BCUT2D eigenvalue weighted by atomic mass is 32.2. The van der Waals surface area contributed by atoms with Crippen LogP contribution >= 0.6 is 12.2 Å². The Morgan fingerprint density at radius 1 is 1.43 bits per heavy atom. The number of thiocarbonyl (C=S) groups is 1. The fourth-order valence-electron chi connectivity index (χ4n) is 2.24. The van der Waals surface area contributed by atoms with Crippen LogP contribution in [-0.4, -0.2) is 33.7 Å². The topological polar surface area (TPSA) is 81.4 Å². The van der Waals surface area contributed by atoms with Crippen LogP contribution in [0.15, 0.2) is 29.2 Å². The van der Waals surface area contributed by atoms with Crippen LogP contribution in [0.2, 0.25) is 0 Å². The highest BCUT2D eigenvalue weighted by molar-refractivity contribution is 7.89. The number of methoxy groups -OCH3 is 1. The molecule has 1 fully saturated rings. The van der Waals surface area contributed by atoms with Gasteiger partial charge < -0.3 is 10.5 Å². The molecule has 0 spiro atoms. The molecule has 0 aliphatic heterocycles. The van der Waals surface area contributed by atoms with E-state index in [1.165, 1.54) is 6.07 Å². The minimum atomic E-state index is -3.61. The van der Waals surface area contributed by atoms with Gasteiger partial charge in [0.2, 0.25) is 10.0 Å². The summed E-state index contributed by atoms with van der Waals surface area (Å²) in [6.45, 7) is 1.07. The zero-order valence-corrected chi connectivity index (χ0v) is 13.6. The molecule has 0 aromatic heterocycles. The number of ether oxygens (including phenoxy) is 1. The van der Waals surface area contributed by atoms with E-state index in [4.69, 9.17) is 22.7 Å². The van der Waals surface area contributed by atoms with Crippen molar-refractivity contribution in [1.82, 2.24) is 4.72 Å². The van der Waals surface area contributed by atoms with E-state index in [9.17, 15) is 8.42 Å². The van der Waals surface area contributed by atoms with Gasteiger partial charge in [-0.05, 0) is 30.7 Å². The number of rotatable bonds is 8. The Labute approximate surface area is 130 Å². The summed E-state index contributed by atoms with van der Waals surface area (Å²) in [5, 5.41) is 0. The lowest BCUT2D eigenvalue weighted by molar-refractivity contribution is 0.173. The second-order valence-corrected chi connectivity index (χ2v) is 7.60. The lowest BCUT2D eigenvalue weighted by atomic mass is 10.0. The molecule has 5 nitrogen and oxygen atoms in total. The second kappa shape index (κ2) is 6.39. The van der Waals surface area contributed by atoms with Crippen molar-refractivity contribution in [1.29, 1.82) is 0 Å². The Morgan fingerprint density at radius 3 is 2.67 bits per heavy atom. The molecule has 0 amide bonds. The van der Waals surface area contributed by atoms with Crippen molar-refractivity contribution in [2.75, 3.05) is 20.3 Å². The van der Waals surface area contributed by atoms with E-state index in [-0.39, 0.29) is 15.3 Å². The van der Waals surface area contributed by atoms with Gasteiger partial charge in [0.05, 0.1) is 4.90 Å². The van der Waals surface area contributed by atoms with E-state index in [0.717, 1.165) is 19.3 Å². The molecule has 1 aliphatic carbocycles. The summed E-state index contributed by atoms with van der Waals surface area (Å²) in [5.74, 6) is 0. The van der Waals surface area contributed by atoms with Crippen LogP contribution in [0.25, 0.3) is 0 Å². The standard InChI is InChI=1S/C14H20N2O3S2/c1-19-9-8-14(6-7-14)10-16-21(17,18)12-5-3-2-4-11(12)13(15)20/h2-5,16H,6-10H2,1H3,(H2,15,20). The van der Waals surface area contributed by atoms with E-state index in [1.807, 2.05) is 0 Å². The van der Waals surface area contributed by atoms with E-state index < -0.39 is 10.0 Å². The van der Waals surface area contributed by atoms with Crippen LogP contribution < -0.4 is 10.5 Å². The maximum absolute atomic E-state index is 12.4. The summed E-state index contributed by atoms with van der Waals surface area (Å²) >= 11 is 4.91. The van der Waals surface area contributed by atoms with E-state index in [2.05, 4.69) is 4.72 Å². The average Bonchev–Trinajstić information content (AvgIpc) is 3.24. The van der Waals surface area contributed by atoms with Crippen LogP contribution in [-0.2, 0) is 14.8 Å². The summed E-state index contributed by atoms with van der Waals surface area (Å²) in [6, 6.07) is 6.52. The van der Waals surface area contributed by atoms with Gasteiger partial charge in [-0.15, -0.1) is 0 Å². The molecule has 1 aliphatic rings. The van der Waals surface area contributed by atoms with Crippen LogP contribution in [0.1, 0.15) is 24.8 Å². The number of sulfonamides is 1. The molecule has 1 aromatic carbocycles. The Morgan fingerprint density at radius 2 is 2.10 bits per heavy atom. The fraction of sp³-hybridized carbons (Fsp3) is 0.500. The molecule has 0 bridgehead atoms. The van der Waals surface area contributed by atoms with Crippen molar-refractivity contribution in [2.24, 2.45) is 11.1 Å². The second-order valence-electron chi connectivity index (χ2n) is 5.43. The molecular formula is C14H20N2O3S2. The van der Waals surface area contributed by atoms with E-state index >= 15 is 0 Å². The van der Waals surface area contributed by atoms with Crippen molar-refractivity contribution in [3.8, 4) is 0 Å². The summed E-state index contributed by atoms with van der Waals surface area (Å²) in [6.07, 6.45) is 2.91. The molecule has 0 radical (unpaired) electrons. The average molecular weight is 328 g/mol. The smallest absolute Gasteiger partial charge is 0.241 e. The van der Waals surface area contributed by atoms with Crippen LogP contribution in [0.3, 0.4) is 0 Å². The molecule has 0 heterocycles. The molecule has 2 rings (SSSR count). The van der Waals surface area contributed by atoms with Gasteiger partial charge in [-0.1, -0.05) is 30.4 Å². The van der Waals surface area contributed by atoms with Gasteiger partial charge in [0.1, 0.15) is 4.99 Å². The molecule has 1 aromatic rings. The fourth-order valence-corrected chi connectivity index (χ4v) is 3.86. The number of hydrogen-bond acceptors (Lipinski definition) is 4. The molecule has 116 valence electrons. The first-order valence-electron chi connectivity index (χ1n) is 6.78. The Hall–Kier alpha value is -1.02. The Kier molecular flexibility index (Phi) is 4.98. The number of hydrogen-bond donors (Lipinski definition) is 2. The summed E-state index contributed by atoms with van der Waals surface area (Å²) in [5.41, 5.74) is 6.01. The van der Waals surface area contributed by atoms with Gasteiger partial charge >= 0.3 is 0 Å². The van der Waals surface area contributed by atoms with Crippen LogP contribution in [0.4, 0.5) is 0 Å². The summed E-state index contributed by atoms with van der Waals surface area (Å²) in [7, 11) is -1.96. The molecule has 0 atom stereocenters. The number of nitrogens with two attached hydrogens (primary N) is 1. The van der Waals surface area contributed by atoms with Crippen molar-refractivity contribution in [3.05, 3.63) is 29.8 Å². The van der Waals surface area contributed by atoms with Gasteiger partial charge in [-0.3, -0.25) is 0 Å². The van der Waals surface area contributed by atoms with E-state index in [1.54, 1.807) is 25.3 Å². The SMILES string of the molecule is COCCC1(CNS(=O)(=O)c2ccccc2C(N)=S)CC1. The van der Waals surface area contributed by atoms with Gasteiger partial charge in [-0.25, -0.2) is 13.1 Å². The number of nitrogens with one attached hydrogen (secondary N) is 1. The first kappa shape index (κ1) is 16.4. The van der Waals surface area contributed by atoms with Crippen molar-refractivity contribution < 1.29 is 13.2 Å². The molecule has 1 saturated carbocycles. The summed E-state index contributed by atoms with van der Waals surface area (Å²) < 4.78 is 32.7. The number of benzene rings is 1. The predicted molar refractivity (Wildman–Crippen MR) is 85.7 cm³/mol. The van der Waals surface area contributed by atoms with Gasteiger partial charge in [0.25, 0.3) is 0 Å². The molecule has 3 N–H and O–H groups in total. The van der Waals surface area contributed by atoms with Gasteiger partial charge in [-0.2, -0.15) is 0 Å². The predicted octanol–water partition coefficient (Wildman–Crippen LogP) is 1.42. The molecule has 0 saturated heterocycles. The molecule has 7 heteroatoms.